The standard InChI is InChI=1S/C14H13N3O4S2/c1-17-10-6-4-3-5-9(10)13-11(23(17,19)20)7-15-14(16-13)22-8-12(18)21-2/h3-7H,8H2,1-2H3. The van der Waals surface area contributed by atoms with Gasteiger partial charge < -0.3 is 4.74 Å². The highest BCUT2D eigenvalue weighted by atomic mass is 32.2. The van der Waals surface area contributed by atoms with E-state index in [1.165, 1.54) is 24.7 Å². The number of thioether (sulfide) groups is 1. The number of carbonyl (C=O) groups is 1. The quantitative estimate of drug-likeness (QED) is 0.471. The molecule has 1 aliphatic heterocycles. The van der Waals surface area contributed by atoms with E-state index < -0.39 is 16.0 Å². The van der Waals surface area contributed by atoms with Crippen molar-refractivity contribution in [3.63, 3.8) is 0 Å². The molecule has 0 radical (unpaired) electrons. The summed E-state index contributed by atoms with van der Waals surface area (Å²) >= 11 is 1.10. The minimum atomic E-state index is -3.68. The number of anilines is 1. The zero-order valence-electron chi connectivity index (χ0n) is 12.4. The maximum Gasteiger partial charge on any atom is 0.316 e. The molecule has 0 bridgehead atoms. The van der Waals surface area contributed by atoms with Gasteiger partial charge in [0.1, 0.15) is 4.90 Å². The molecule has 7 nitrogen and oxygen atoms in total. The maximum atomic E-state index is 12.6. The van der Waals surface area contributed by atoms with E-state index in [1.54, 1.807) is 18.2 Å². The van der Waals surface area contributed by atoms with Crippen LogP contribution < -0.4 is 4.31 Å². The fourth-order valence-corrected chi connectivity index (χ4v) is 4.16. The van der Waals surface area contributed by atoms with Gasteiger partial charge in [-0.05, 0) is 6.07 Å². The summed E-state index contributed by atoms with van der Waals surface area (Å²) < 4.78 is 30.9. The molecule has 1 aromatic carbocycles. The lowest BCUT2D eigenvalue weighted by Gasteiger charge is -2.28. The molecular formula is C14H13N3O4S2. The highest BCUT2D eigenvalue weighted by Gasteiger charge is 2.34. The smallest absolute Gasteiger partial charge is 0.316 e. The predicted molar refractivity (Wildman–Crippen MR) is 85.8 cm³/mol. The first kappa shape index (κ1) is 15.8. The molecule has 0 spiro atoms. The first-order valence-electron chi connectivity index (χ1n) is 6.60. The number of esters is 1. The zero-order valence-corrected chi connectivity index (χ0v) is 14.0. The number of fused-ring (bicyclic) bond motifs is 3. The van der Waals surface area contributed by atoms with Gasteiger partial charge in [-0.1, -0.05) is 30.0 Å². The van der Waals surface area contributed by atoms with Gasteiger partial charge in [0.25, 0.3) is 10.0 Å². The third kappa shape index (κ3) is 2.66. The van der Waals surface area contributed by atoms with Gasteiger partial charge in [0.05, 0.1) is 30.4 Å². The van der Waals surface area contributed by atoms with Crippen molar-refractivity contribution in [2.24, 2.45) is 0 Å². The molecule has 0 N–H and O–H groups in total. The summed E-state index contributed by atoms with van der Waals surface area (Å²) in [5.41, 5.74) is 1.62. The van der Waals surface area contributed by atoms with Crippen molar-refractivity contribution in [1.82, 2.24) is 9.97 Å². The van der Waals surface area contributed by atoms with Crippen LogP contribution in [0.1, 0.15) is 0 Å². The van der Waals surface area contributed by atoms with Crippen LogP contribution in [0.15, 0.2) is 40.5 Å². The molecule has 0 atom stereocenters. The maximum absolute atomic E-state index is 12.6. The average molecular weight is 351 g/mol. The fourth-order valence-electron chi connectivity index (χ4n) is 2.21. The molecule has 0 fully saturated rings. The Morgan fingerprint density at radius 2 is 2.09 bits per heavy atom. The second-order valence-corrected chi connectivity index (χ2v) is 7.60. The molecule has 0 aliphatic carbocycles. The summed E-state index contributed by atoms with van der Waals surface area (Å²) in [5, 5.41) is 0.323. The van der Waals surface area contributed by atoms with Gasteiger partial charge in [-0.3, -0.25) is 9.10 Å². The molecule has 0 saturated carbocycles. The molecule has 1 aromatic heterocycles. The molecule has 3 rings (SSSR count). The number of aromatic nitrogens is 2. The normalized spacial score (nSPS) is 14.8. The Bertz CT molecular complexity index is 883. The summed E-state index contributed by atoms with van der Waals surface area (Å²) in [7, 11) is -0.882. The summed E-state index contributed by atoms with van der Waals surface area (Å²) in [4.78, 5) is 19.6. The van der Waals surface area contributed by atoms with Crippen molar-refractivity contribution in [2.75, 3.05) is 24.2 Å². The lowest BCUT2D eigenvalue weighted by molar-refractivity contribution is -0.137. The van der Waals surface area contributed by atoms with Crippen molar-refractivity contribution in [3.8, 4) is 11.3 Å². The Kier molecular flexibility index (Phi) is 3.99. The van der Waals surface area contributed by atoms with E-state index in [2.05, 4.69) is 14.7 Å². The number of sulfonamides is 1. The molecule has 0 saturated heterocycles. The lowest BCUT2D eigenvalue weighted by atomic mass is 10.1. The summed E-state index contributed by atoms with van der Waals surface area (Å²) in [6.07, 6.45) is 1.28. The van der Waals surface area contributed by atoms with Gasteiger partial charge in [0, 0.05) is 12.6 Å². The van der Waals surface area contributed by atoms with Crippen LogP contribution in [0.4, 0.5) is 5.69 Å². The highest BCUT2D eigenvalue weighted by Crippen LogP contribution is 2.41. The molecule has 23 heavy (non-hydrogen) atoms. The topological polar surface area (TPSA) is 89.5 Å². The number of para-hydroxylation sites is 1. The van der Waals surface area contributed by atoms with Gasteiger partial charge in [-0.15, -0.1) is 0 Å². The molecule has 2 aromatic rings. The van der Waals surface area contributed by atoms with Gasteiger partial charge >= 0.3 is 5.97 Å². The van der Waals surface area contributed by atoms with E-state index in [0.717, 1.165) is 11.8 Å². The Labute approximate surface area is 137 Å². The van der Waals surface area contributed by atoms with Gasteiger partial charge in [0.15, 0.2) is 5.16 Å². The van der Waals surface area contributed by atoms with Crippen molar-refractivity contribution >= 4 is 33.4 Å². The van der Waals surface area contributed by atoms with E-state index in [-0.39, 0.29) is 10.6 Å². The largest absolute Gasteiger partial charge is 0.468 e. The van der Waals surface area contributed by atoms with Crippen molar-refractivity contribution in [1.29, 1.82) is 0 Å². The first-order chi connectivity index (χ1) is 10.9. The van der Waals surface area contributed by atoms with E-state index in [4.69, 9.17) is 0 Å². The molecule has 120 valence electrons. The van der Waals surface area contributed by atoms with Crippen molar-refractivity contribution in [3.05, 3.63) is 30.5 Å². The number of rotatable bonds is 3. The average Bonchev–Trinajstić information content (AvgIpc) is 2.57. The second kappa shape index (κ2) is 5.82. The third-order valence-electron chi connectivity index (χ3n) is 3.42. The Hall–Kier alpha value is -2.13. The molecule has 2 heterocycles. The number of benzene rings is 1. The minimum Gasteiger partial charge on any atom is -0.468 e. The zero-order chi connectivity index (χ0) is 16.6. The number of nitrogens with zero attached hydrogens (tertiary/aromatic N) is 3. The van der Waals surface area contributed by atoms with Crippen LogP contribution >= 0.6 is 11.8 Å². The van der Waals surface area contributed by atoms with E-state index in [9.17, 15) is 13.2 Å². The van der Waals surface area contributed by atoms with Crippen LogP contribution in [-0.2, 0) is 19.6 Å². The van der Waals surface area contributed by atoms with Crippen molar-refractivity contribution < 1.29 is 17.9 Å². The Morgan fingerprint density at radius 3 is 2.83 bits per heavy atom. The Balaban J connectivity index is 2.09. The second-order valence-electron chi connectivity index (χ2n) is 4.72. The number of hydrogen-bond acceptors (Lipinski definition) is 7. The van der Waals surface area contributed by atoms with Crippen LogP contribution in [0.25, 0.3) is 11.3 Å². The highest BCUT2D eigenvalue weighted by molar-refractivity contribution is 7.99. The van der Waals surface area contributed by atoms with Gasteiger partial charge in [-0.2, -0.15) is 0 Å². The summed E-state index contributed by atoms with van der Waals surface area (Å²) in [6.45, 7) is 0. The molecule has 9 heteroatoms. The van der Waals surface area contributed by atoms with Crippen molar-refractivity contribution in [2.45, 2.75) is 10.1 Å². The van der Waals surface area contributed by atoms with Crippen LogP contribution in [0, 0.1) is 0 Å². The van der Waals surface area contributed by atoms with Crippen LogP contribution in [0.2, 0.25) is 0 Å². The number of ether oxygens (including phenoxy) is 1. The van der Waals surface area contributed by atoms with Gasteiger partial charge in [0.2, 0.25) is 0 Å². The molecule has 1 aliphatic rings. The van der Waals surface area contributed by atoms with Crippen LogP contribution in [-0.4, -0.2) is 44.3 Å². The lowest BCUT2D eigenvalue weighted by Crippen LogP contribution is -2.31. The molecular weight excluding hydrogens is 338 g/mol. The summed E-state index contributed by atoms with van der Waals surface area (Å²) in [6, 6.07) is 7.11. The first-order valence-corrected chi connectivity index (χ1v) is 9.02. The summed E-state index contributed by atoms with van der Waals surface area (Å²) in [5.74, 6) is -0.340. The predicted octanol–water partition coefficient (Wildman–Crippen LogP) is 1.55. The molecule has 0 amide bonds. The Morgan fingerprint density at radius 1 is 1.35 bits per heavy atom. The third-order valence-corrected chi connectivity index (χ3v) is 6.02. The van der Waals surface area contributed by atoms with Crippen LogP contribution in [0.5, 0.6) is 0 Å². The van der Waals surface area contributed by atoms with E-state index in [0.29, 0.717) is 22.1 Å². The van der Waals surface area contributed by atoms with E-state index in [1.807, 2.05) is 6.07 Å². The monoisotopic (exact) mass is 351 g/mol. The van der Waals surface area contributed by atoms with Gasteiger partial charge in [-0.25, -0.2) is 18.4 Å². The fraction of sp³-hybridized carbons (Fsp3) is 0.214. The van der Waals surface area contributed by atoms with Crippen LogP contribution in [0.3, 0.4) is 0 Å². The minimum absolute atomic E-state index is 0.0566. The molecule has 0 unspecified atom stereocenters. The van der Waals surface area contributed by atoms with E-state index >= 15 is 0 Å². The SMILES string of the molecule is COC(=O)CSc1ncc2c(n1)-c1ccccc1N(C)S2(=O)=O. The number of methoxy groups -OCH3 is 1. The number of carbonyl (C=O) groups excluding carboxylic acids is 1. The number of hydrogen-bond donors (Lipinski definition) is 0.